The van der Waals surface area contributed by atoms with Gasteiger partial charge in [0.2, 0.25) is 0 Å². The molecule has 20 heavy (non-hydrogen) atoms. The standard InChI is InChI=1S/C15H16N2O2S/c1-9-4-6-12(10(2)8-9)14(18)16-17-15(19)13-7-5-11(3)20-13/h4-8H,1-3H3,(H,16,18)(H,17,19). The van der Waals surface area contributed by atoms with E-state index in [2.05, 4.69) is 10.9 Å². The number of amides is 2. The summed E-state index contributed by atoms with van der Waals surface area (Å²) in [5.41, 5.74) is 7.39. The topological polar surface area (TPSA) is 58.2 Å². The molecule has 2 amide bonds. The molecule has 0 atom stereocenters. The summed E-state index contributed by atoms with van der Waals surface area (Å²) in [6.07, 6.45) is 0. The van der Waals surface area contributed by atoms with Crippen LogP contribution in [0.25, 0.3) is 0 Å². The highest BCUT2D eigenvalue weighted by atomic mass is 32.1. The number of aryl methyl sites for hydroxylation is 3. The molecular weight excluding hydrogens is 272 g/mol. The maximum Gasteiger partial charge on any atom is 0.279 e. The summed E-state index contributed by atoms with van der Waals surface area (Å²) in [5, 5.41) is 0. The third-order valence-electron chi connectivity index (χ3n) is 2.88. The Labute approximate surface area is 121 Å². The lowest BCUT2D eigenvalue weighted by molar-refractivity contribution is 0.0848. The van der Waals surface area contributed by atoms with E-state index in [1.54, 1.807) is 12.1 Å². The fraction of sp³-hybridized carbons (Fsp3) is 0.200. The molecule has 1 aromatic heterocycles. The molecule has 2 aromatic rings. The molecule has 5 heteroatoms. The van der Waals surface area contributed by atoms with Crippen LogP contribution < -0.4 is 10.9 Å². The number of hydrazine groups is 1. The highest BCUT2D eigenvalue weighted by Gasteiger charge is 2.12. The average molecular weight is 288 g/mol. The molecule has 1 aromatic carbocycles. The normalized spacial score (nSPS) is 10.2. The Bertz CT molecular complexity index is 662. The molecule has 0 aliphatic rings. The Balaban J connectivity index is 2.00. The van der Waals surface area contributed by atoms with Crippen molar-refractivity contribution in [3.8, 4) is 0 Å². The lowest BCUT2D eigenvalue weighted by atomic mass is 10.1. The number of benzene rings is 1. The summed E-state index contributed by atoms with van der Waals surface area (Å²) in [6.45, 7) is 5.76. The minimum absolute atomic E-state index is 0.304. The molecule has 104 valence electrons. The van der Waals surface area contributed by atoms with Crippen LogP contribution in [0.4, 0.5) is 0 Å². The van der Waals surface area contributed by atoms with Crippen LogP contribution in [0, 0.1) is 20.8 Å². The fourth-order valence-corrected chi connectivity index (χ4v) is 2.63. The Morgan fingerprint density at radius 3 is 2.25 bits per heavy atom. The van der Waals surface area contributed by atoms with Gasteiger partial charge in [0.15, 0.2) is 0 Å². The maximum absolute atomic E-state index is 12.0. The minimum Gasteiger partial charge on any atom is -0.267 e. The molecule has 2 N–H and O–H groups in total. The first kappa shape index (κ1) is 14.3. The van der Waals surface area contributed by atoms with Gasteiger partial charge in [0.25, 0.3) is 11.8 Å². The predicted octanol–water partition coefficient (Wildman–Crippen LogP) is 2.75. The largest absolute Gasteiger partial charge is 0.279 e. The van der Waals surface area contributed by atoms with Gasteiger partial charge < -0.3 is 0 Å². The van der Waals surface area contributed by atoms with Crippen molar-refractivity contribution >= 4 is 23.2 Å². The van der Waals surface area contributed by atoms with Gasteiger partial charge in [-0.05, 0) is 44.5 Å². The molecule has 2 rings (SSSR count). The molecule has 0 unspecified atom stereocenters. The average Bonchev–Trinajstić information content (AvgIpc) is 2.82. The number of carbonyl (C=O) groups is 2. The van der Waals surface area contributed by atoms with Gasteiger partial charge in [-0.15, -0.1) is 11.3 Å². The summed E-state index contributed by atoms with van der Waals surface area (Å²) >= 11 is 1.39. The molecule has 0 radical (unpaired) electrons. The van der Waals surface area contributed by atoms with E-state index < -0.39 is 0 Å². The first-order valence-corrected chi connectivity index (χ1v) is 7.03. The zero-order chi connectivity index (χ0) is 14.7. The third-order valence-corrected chi connectivity index (χ3v) is 3.88. The van der Waals surface area contributed by atoms with Crippen molar-refractivity contribution in [2.75, 3.05) is 0 Å². The molecular formula is C15H16N2O2S. The summed E-state index contributed by atoms with van der Waals surface area (Å²) in [5.74, 6) is -0.620. The number of hydrogen-bond acceptors (Lipinski definition) is 3. The Morgan fingerprint density at radius 1 is 0.950 bits per heavy atom. The molecule has 0 saturated heterocycles. The minimum atomic E-state index is -0.316. The molecule has 0 bridgehead atoms. The van der Waals surface area contributed by atoms with E-state index in [0.29, 0.717) is 10.4 Å². The molecule has 0 spiro atoms. The van der Waals surface area contributed by atoms with Gasteiger partial charge in [0.05, 0.1) is 4.88 Å². The molecule has 4 nitrogen and oxygen atoms in total. The van der Waals surface area contributed by atoms with Crippen LogP contribution in [0.2, 0.25) is 0 Å². The van der Waals surface area contributed by atoms with Crippen molar-refractivity contribution in [1.29, 1.82) is 0 Å². The van der Waals surface area contributed by atoms with Crippen molar-refractivity contribution < 1.29 is 9.59 Å². The zero-order valence-electron chi connectivity index (χ0n) is 11.6. The quantitative estimate of drug-likeness (QED) is 0.835. The number of nitrogens with one attached hydrogen (secondary N) is 2. The number of carbonyl (C=O) groups excluding carboxylic acids is 2. The second-order valence-electron chi connectivity index (χ2n) is 4.64. The Hall–Kier alpha value is -2.14. The lowest BCUT2D eigenvalue weighted by Gasteiger charge is -2.09. The monoisotopic (exact) mass is 288 g/mol. The van der Waals surface area contributed by atoms with Crippen molar-refractivity contribution in [3.63, 3.8) is 0 Å². The highest BCUT2D eigenvalue weighted by molar-refractivity contribution is 7.13. The maximum atomic E-state index is 12.0. The van der Waals surface area contributed by atoms with Crippen LogP contribution in [0.5, 0.6) is 0 Å². The molecule has 0 fully saturated rings. The van der Waals surface area contributed by atoms with Crippen LogP contribution in [0.15, 0.2) is 30.3 Å². The number of thiophene rings is 1. The van der Waals surface area contributed by atoms with E-state index in [9.17, 15) is 9.59 Å². The summed E-state index contributed by atoms with van der Waals surface area (Å²) in [6, 6.07) is 9.15. The van der Waals surface area contributed by atoms with Crippen LogP contribution in [0.3, 0.4) is 0 Å². The molecule has 0 saturated carbocycles. The van der Waals surface area contributed by atoms with Gasteiger partial charge in [-0.2, -0.15) is 0 Å². The Morgan fingerprint density at radius 2 is 1.65 bits per heavy atom. The van der Waals surface area contributed by atoms with Gasteiger partial charge in [0, 0.05) is 10.4 Å². The fourth-order valence-electron chi connectivity index (χ4n) is 1.87. The lowest BCUT2D eigenvalue weighted by Crippen LogP contribution is -2.41. The van der Waals surface area contributed by atoms with Crippen LogP contribution in [0.1, 0.15) is 36.0 Å². The van der Waals surface area contributed by atoms with Gasteiger partial charge >= 0.3 is 0 Å². The third kappa shape index (κ3) is 3.24. The smallest absolute Gasteiger partial charge is 0.267 e. The van der Waals surface area contributed by atoms with Gasteiger partial charge in [-0.3, -0.25) is 20.4 Å². The van der Waals surface area contributed by atoms with Crippen LogP contribution in [-0.4, -0.2) is 11.8 Å². The Kier molecular flexibility index (Phi) is 4.20. The van der Waals surface area contributed by atoms with E-state index >= 15 is 0 Å². The van der Waals surface area contributed by atoms with Gasteiger partial charge in [-0.25, -0.2) is 0 Å². The van der Waals surface area contributed by atoms with Crippen LogP contribution in [-0.2, 0) is 0 Å². The van der Waals surface area contributed by atoms with Crippen molar-refractivity contribution in [3.05, 3.63) is 56.8 Å². The van der Waals surface area contributed by atoms with Gasteiger partial charge in [0.1, 0.15) is 0 Å². The predicted molar refractivity (Wildman–Crippen MR) is 79.9 cm³/mol. The van der Waals surface area contributed by atoms with Gasteiger partial charge in [-0.1, -0.05) is 17.7 Å². The second-order valence-corrected chi connectivity index (χ2v) is 5.92. The SMILES string of the molecule is Cc1ccc(C(=O)NNC(=O)c2ccc(C)s2)c(C)c1. The number of rotatable bonds is 2. The van der Waals surface area contributed by atoms with Crippen molar-refractivity contribution in [1.82, 2.24) is 10.9 Å². The molecule has 0 aliphatic carbocycles. The molecule has 0 aliphatic heterocycles. The van der Waals surface area contributed by atoms with Crippen molar-refractivity contribution in [2.45, 2.75) is 20.8 Å². The van der Waals surface area contributed by atoms with E-state index in [1.165, 1.54) is 11.3 Å². The van der Waals surface area contributed by atoms with E-state index in [1.807, 2.05) is 39.0 Å². The van der Waals surface area contributed by atoms with E-state index in [-0.39, 0.29) is 11.8 Å². The number of hydrogen-bond donors (Lipinski definition) is 2. The zero-order valence-corrected chi connectivity index (χ0v) is 12.4. The van der Waals surface area contributed by atoms with E-state index in [4.69, 9.17) is 0 Å². The van der Waals surface area contributed by atoms with Crippen molar-refractivity contribution in [2.24, 2.45) is 0 Å². The highest BCUT2D eigenvalue weighted by Crippen LogP contribution is 2.14. The first-order valence-electron chi connectivity index (χ1n) is 6.22. The molecule has 1 heterocycles. The van der Waals surface area contributed by atoms with Crippen LogP contribution >= 0.6 is 11.3 Å². The second kappa shape index (κ2) is 5.88. The summed E-state index contributed by atoms with van der Waals surface area (Å²) in [4.78, 5) is 25.4. The summed E-state index contributed by atoms with van der Waals surface area (Å²) < 4.78 is 0. The summed E-state index contributed by atoms with van der Waals surface area (Å²) in [7, 11) is 0. The first-order chi connectivity index (χ1) is 9.47. The van der Waals surface area contributed by atoms with E-state index in [0.717, 1.165) is 16.0 Å².